The maximum Gasteiger partial charge on any atom is 0.224 e. The van der Waals surface area contributed by atoms with E-state index in [0.717, 1.165) is 37.2 Å². The standard InChI is InChI=1S/C17H30N4/c1-4-10-18-16-19-11-7-15(21-16)20-13-17(12-14(2)3)8-5-6-9-17/h7,11,14H,4-6,8-10,12-13H2,1-3H3,(H2,18,19,20,21). The Hall–Kier alpha value is -1.32. The molecule has 1 aliphatic carbocycles. The summed E-state index contributed by atoms with van der Waals surface area (Å²) >= 11 is 0. The van der Waals surface area contributed by atoms with Gasteiger partial charge in [-0.3, -0.25) is 0 Å². The van der Waals surface area contributed by atoms with Gasteiger partial charge in [-0.25, -0.2) is 4.98 Å². The first-order chi connectivity index (χ1) is 10.1. The van der Waals surface area contributed by atoms with Crippen LogP contribution in [0.25, 0.3) is 0 Å². The normalized spacial score (nSPS) is 17.1. The Balaban J connectivity index is 1.94. The summed E-state index contributed by atoms with van der Waals surface area (Å²) in [6.07, 6.45) is 9.68. The highest BCUT2D eigenvalue weighted by Crippen LogP contribution is 2.43. The van der Waals surface area contributed by atoms with Crippen LogP contribution in [0.2, 0.25) is 0 Å². The lowest BCUT2D eigenvalue weighted by Crippen LogP contribution is -2.28. The van der Waals surface area contributed by atoms with E-state index in [-0.39, 0.29) is 0 Å². The molecule has 118 valence electrons. The maximum absolute atomic E-state index is 4.55. The van der Waals surface area contributed by atoms with E-state index >= 15 is 0 Å². The molecule has 0 bridgehead atoms. The van der Waals surface area contributed by atoms with Gasteiger partial charge in [-0.05, 0) is 43.1 Å². The third kappa shape index (κ3) is 4.87. The fourth-order valence-corrected chi connectivity index (χ4v) is 3.50. The number of rotatable bonds is 8. The lowest BCUT2D eigenvalue weighted by molar-refractivity contribution is 0.252. The van der Waals surface area contributed by atoms with Crippen molar-refractivity contribution in [2.24, 2.45) is 11.3 Å². The summed E-state index contributed by atoms with van der Waals surface area (Å²) in [5.74, 6) is 2.43. The average Bonchev–Trinajstić information content (AvgIpc) is 2.91. The monoisotopic (exact) mass is 290 g/mol. The molecule has 0 atom stereocenters. The van der Waals surface area contributed by atoms with Gasteiger partial charge in [0, 0.05) is 19.3 Å². The van der Waals surface area contributed by atoms with Crippen LogP contribution in [0.5, 0.6) is 0 Å². The molecule has 1 aromatic heterocycles. The summed E-state index contributed by atoms with van der Waals surface area (Å²) in [5.41, 5.74) is 0.468. The van der Waals surface area contributed by atoms with Gasteiger partial charge in [0.1, 0.15) is 5.82 Å². The summed E-state index contributed by atoms with van der Waals surface area (Å²) in [6, 6.07) is 1.97. The summed E-state index contributed by atoms with van der Waals surface area (Å²) < 4.78 is 0. The van der Waals surface area contributed by atoms with Gasteiger partial charge in [0.25, 0.3) is 0 Å². The first-order valence-corrected chi connectivity index (χ1v) is 8.44. The molecule has 1 heterocycles. The highest BCUT2D eigenvalue weighted by atomic mass is 15.1. The smallest absolute Gasteiger partial charge is 0.224 e. The molecule has 0 aromatic carbocycles. The van der Waals surface area contributed by atoms with Crippen molar-refractivity contribution in [1.82, 2.24) is 9.97 Å². The van der Waals surface area contributed by atoms with Gasteiger partial charge < -0.3 is 10.6 Å². The fourth-order valence-electron chi connectivity index (χ4n) is 3.50. The van der Waals surface area contributed by atoms with E-state index in [4.69, 9.17) is 0 Å². The zero-order chi connectivity index (χ0) is 15.1. The highest BCUT2D eigenvalue weighted by molar-refractivity contribution is 5.39. The van der Waals surface area contributed by atoms with Gasteiger partial charge in [-0.1, -0.05) is 33.6 Å². The molecule has 0 unspecified atom stereocenters. The minimum atomic E-state index is 0.468. The molecule has 1 saturated carbocycles. The summed E-state index contributed by atoms with van der Waals surface area (Å²) in [7, 11) is 0. The van der Waals surface area contributed by atoms with Gasteiger partial charge >= 0.3 is 0 Å². The Morgan fingerprint density at radius 3 is 2.67 bits per heavy atom. The van der Waals surface area contributed by atoms with Gasteiger partial charge in [-0.2, -0.15) is 4.98 Å². The van der Waals surface area contributed by atoms with Crippen LogP contribution >= 0.6 is 0 Å². The topological polar surface area (TPSA) is 49.8 Å². The maximum atomic E-state index is 4.55. The lowest BCUT2D eigenvalue weighted by atomic mass is 9.78. The molecule has 0 saturated heterocycles. The van der Waals surface area contributed by atoms with Gasteiger partial charge in [0.05, 0.1) is 0 Å². The molecule has 1 aromatic rings. The molecular weight excluding hydrogens is 260 g/mol. The molecule has 1 aliphatic rings. The molecule has 0 aliphatic heterocycles. The predicted octanol–water partition coefficient (Wildman–Crippen LogP) is 4.32. The molecule has 0 radical (unpaired) electrons. The zero-order valence-electron chi connectivity index (χ0n) is 13.8. The van der Waals surface area contributed by atoms with Crippen LogP contribution in [0.1, 0.15) is 59.3 Å². The third-order valence-corrected chi connectivity index (χ3v) is 4.34. The van der Waals surface area contributed by atoms with Crippen LogP contribution in [-0.4, -0.2) is 23.1 Å². The van der Waals surface area contributed by atoms with Crippen molar-refractivity contribution < 1.29 is 0 Å². The predicted molar refractivity (Wildman–Crippen MR) is 89.7 cm³/mol. The van der Waals surface area contributed by atoms with Crippen LogP contribution in [0.4, 0.5) is 11.8 Å². The van der Waals surface area contributed by atoms with Crippen LogP contribution in [0, 0.1) is 11.3 Å². The largest absolute Gasteiger partial charge is 0.369 e. The van der Waals surface area contributed by atoms with E-state index in [0.29, 0.717) is 5.41 Å². The molecule has 2 rings (SSSR count). The van der Waals surface area contributed by atoms with E-state index in [1.54, 1.807) is 0 Å². The Bertz CT molecular complexity index is 425. The quantitative estimate of drug-likeness (QED) is 0.748. The van der Waals surface area contributed by atoms with Gasteiger partial charge in [0.2, 0.25) is 5.95 Å². The Kier molecular flexibility index (Phi) is 5.83. The number of anilines is 2. The Morgan fingerprint density at radius 2 is 2.00 bits per heavy atom. The molecule has 1 fully saturated rings. The third-order valence-electron chi connectivity index (χ3n) is 4.34. The van der Waals surface area contributed by atoms with Crippen LogP contribution in [0.15, 0.2) is 12.3 Å². The van der Waals surface area contributed by atoms with Crippen molar-refractivity contribution in [2.45, 2.75) is 59.3 Å². The second kappa shape index (κ2) is 7.62. The average molecular weight is 290 g/mol. The van der Waals surface area contributed by atoms with Crippen molar-refractivity contribution in [3.63, 3.8) is 0 Å². The van der Waals surface area contributed by atoms with E-state index in [1.165, 1.54) is 32.1 Å². The van der Waals surface area contributed by atoms with Crippen LogP contribution in [-0.2, 0) is 0 Å². The van der Waals surface area contributed by atoms with E-state index in [9.17, 15) is 0 Å². The second-order valence-corrected chi connectivity index (χ2v) is 6.85. The van der Waals surface area contributed by atoms with Crippen molar-refractivity contribution in [3.8, 4) is 0 Å². The van der Waals surface area contributed by atoms with E-state index < -0.39 is 0 Å². The van der Waals surface area contributed by atoms with Gasteiger partial charge in [-0.15, -0.1) is 0 Å². The van der Waals surface area contributed by atoms with Crippen molar-refractivity contribution >= 4 is 11.8 Å². The molecule has 2 N–H and O–H groups in total. The fraction of sp³-hybridized carbons (Fsp3) is 0.765. The number of nitrogens with zero attached hydrogens (tertiary/aromatic N) is 2. The SMILES string of the molecule is CCCNc1nccc(NCC2(CC(C)C)CCCC2)n1. The first-order valence-electron chi connectivity index (χ1n) is 8.44. The zero-order valence-corrected chi connectivity index (χ0v) is 13.8. The van der Waals surface area contributed by atoms with Crippen molar-refractivity contribution in [1.29, 1.82) is 0 Å². The number of hydrogen-bond acceptors (Lipinski definition) is 4. The second-order valence-electron chi connectivity index (χ2n) is 6.85. The minimum Gasteiger partial charge on any atom is -0.369 e. The summed E-state index contributed by atoms with van der Waals surface area (Å²) in [5, 5.41) is 6.80. The van der Waals surface area contributed by atoms with E-state index in [1.807, 2.05) is 12.3 Å². The Labute approximate surface area is 129 Å². The van der Waals surface area contributed by atoms with Crippen LogP contribution < -0.4 is 10.6 Å². The lowest BCUT2D eigenvalue weighted by Gasteiger charge is -2.31. The summed E-state index contributed by atoms with van der Waals surface area (Å²) in [4.78, 5) is 8.81. The Morgan fingerprint density at radius 1 is 1.24 bits per heavy atom. The minimum absolute atomic E-state index is 0.468. The van der Waals surface area contributed by atoms with Crippen molar-refractivity contribution in [3.05, 3.63) is 12.3 Å². The van der Waals surface area contributed by atoms with Crippen LogP contribution in [0.3, 0.4) is 0 Å². The van der Waals surface area contributed by atoms with E-state index in [2.05, 4.69) is 41.4 Å². The number of aromatic nitrogens is 2. The molecule has 21 heavy (non-hydrogen) atoms. The van der Waals surface area contributed by atoms with Gasteiger partial charge in [0.15, 0.2) is 0 Å². The molecule has 4 heteroatoms. The molecule has 0 spiro atoms. The molecule has 0 amide bonds. The molecular formula is C17H30N4. The first kappa shape index (κ1) is 16.1. The molecule has 4 nitrogen and oxygen atoms in total. The highest BCUT2D eigenvalue weighted by Gasteiger charge is 2.34. The number of hydrogen-bond donors (Lipinski definition) is 2. The number of nitrogens with one attached hydrogen (secondary N) is 2. The summed E-state index contributed by atoms with van der Waals surface area (Å²) in [6.45, 7) is 8.76. The van der Waals surface area contributed by atoms with Crippen molar-refractivity contribution in [2.75, 3.05) is 23.7 Å².